The second-order valence-electron chi connectivity index (χ2n) is 6.62. The van der Waals surface area contributed by atoms with Gasteiger partial charge in [-0.15, -0.1) is 11.6 Å². The highest BCUT2D eigenvalue weighted by molar-refractivity contribution is 6.18. The largest absolute Gasteiger partial charge is 0.389 e. The first-order valence-electron chi connectivity index (χ1n) is 9.56. The summed E-state index contributed by atoms with van der Waals surface area (Å²) in [7, 11) is 0. The van der Waals surface area contributed by atoms with Crippen molar-refractivity contribution < 1.29 is 9.84 Å². The van der Waals surface area contributed by atoms with E-state index in [1.165, 1.54) is 77.0 Å². The topological polar surface area (TPSA) is 29.5 Å². The molecular formula is C19H39ClO2. The second-order valence-corrected chi connectivity index (χ2v) is 6.93. The number of ether oxygens (including phenoxy) is 1. The Morgan fingerprint density at radius 3 is 1.82 bits per heavy atom. The van der Waals surface area contributed by atoms with E-state index in [4.69, 9.17) is 16.3 Å². The number of hydrogen-bond donors (Lipinski definition) is 1. The molecule has 134 valence electrons. The van der Waals surface area contributed by atoms with E-state index >= 15 is 0 Å². The van der Waals surface area contributed by atoms with Crippen LogP contribution in [0.3, 0.4) is 0 Å². The van der Waals surface area contributed by atoms with E-state index in [9.17, 15) is 5.11 Å². The minimum Gasteiger partial charge on any atom is -0.389 e. The minimum atomic E-state index is -0.517. The Bertz CT molecular complexity index is 212. The molecule has 2 atom stereocenters. The van der Waals surface area contributed by atoms with Crippen LogP contribution < -0.4 is 0 Å². The van der Waals surface area contributed by atoms with Gasteiger partial charge in [0.15, 0.2) is 0 Å². The number of hydrogen-bond acceptors (Lipinski definition) is 2. The lowest BCUT2D eigenvalue weighted by atomic mass is 9.95. The predicted molar refractivity (Wildman–Crippen MR) is 97.8 cm³/mol. The number of unbranched alkanes of at least 4 members (excludes halogenated alkanes) is 8. The summed E-state index contributed by atoms with van der Waals surface area (Å²) in [6.45, 7) is 5.68. The Balaban J connectivity index is 3.79. The molecule has 0 heterocycles. The molecule has 0 bridgehead atoms. The van der Waals surface area contributed by atoms with Crippen LogP contribution in [0.4, 0.5) is 0 Å². The van der Waals surface area contributed by atoms with E-state index < -0.39 is 6.10 Å². The van der Waals surface area contributed by atoms with Gasteiger partial charge in [0.2, 0.25) is 0 Å². The fraction of sp³-hybridized carbons (Fsp3) is 1.00. The summed E-state index contributed by atoms with van der Waals surface area (Å²) in [5.41, 5.74) is 0. The first-order chi connectivity index (χ1) is 10.7. The van der Waals surface area contributed by atoms with Crippen LogP contribution in [0.2, 0.25) is 0 Å². The zero-order valence-electron chi connectivity index (χ0n) is 15.0. The standard InChI is InChI=1S/C19H39ClO2/c1-3-5-7-9-10-12-14-18(13-11-8-6-4-2)16-22-17-19(21)15-20/h18-19,21H,3-17H2,1-2H3/t18-,19+/m1/s1. The molecule has 0 rings (SSSR count). The monoisotopic (exact) mass is 334 g/mol. The Morgan fingerprint density at radius 1 is 0.773 bits per heavy atom. The molecule has 0 amide bonds. The smallest absolute Gasteiger partial charge is 0.0908 e. The third-order valence-corrected chi connectivity index (χ3v) is 4.63. The molecule has 0 aromatic carbocycles. The fourth-order valence-electron chi connectivity index (χ4n) is 2.80. The van der Waals surface area contributed by atoms with Gasteiger partial charge in [-0.1, -0.05) is 78.1 Å². The van der Waals surface area contributed by atoms with Gasteiger partial charge in [-0.05, 0) is 18.8 Å². The SMILES string of the molecule is CCCCCCCC[C@@H](CCCCCC)COC[C@@H](O)CCl. The highest BCUT2D eigenvalue weighted by atomic mass is 35.5. The van der Waals surface area contributed by atoms with Crippen molar-refractivity contribution in [3.63, 3.8) is 0 Å². The van der Waals surface area contributed by atoms with Gasteiger partial charge in [-0.2, -0.15) is 0 Å². The molecule has 1 N–H and O–H groups in total. The van der Waals surface area contributed by atoms with Gasteiger partial charge in [0.1, 0.15) is 0 Å². The fourth-order valence-corrected chi connectivity index (χ4v) is 2.89. The average molecular weight is 335 g/mol. The predicted octanol–water partition coefficient (Wildman–Crippen LogP) is 5.94. The first kappa shape index (κ1) is 22.2. The van der Waals surface area contributed by atoms with Gasteiger partial charge in [0, 0.05) is 6.61 Å². The zero-order chi connectivity index (χ0) is 16.5. The first-order valence-corrected chi connectivity index (χ1v) is 10.1. The maximum Gasteiger partial charge on any atom is 0.0908 e. The van der Waals surface area contributed by atoms with E-state index in [1.54, 1.807) is 0 Å². The Labute approximate surface area is 144 Å². The highest BCUT2D eigenvalue weighted by Gasteiger charge is 2.10. The molecule has 0 aliphatic carbocycles. The van der Waals surface area contributed by atoms with E-state index in [0.717, 1.165) is 6.61 Å². The van der Waals surface area contributed by atoms with Crippen molar-refractivity contribution in [3.05, 3.63) is 0 Å². The van der Waals surface area contributed by atoms with Crippen LogP contribution in [0.15, 0.2) is 0 Å². The third kappa shape index (κ3) is 15.1. The molecule has 2 nitrogen and oxygen atoms in total. The summed E-state index contributed by atoms with van der Waals surface area (Å²) in [6.07, 6.45) is 15.5. The summed E-state index contributed by atoms with van der Waals surface area (Å²) >= 11 is 5.60. The summed E-state index contributed by atoms with van der Waals surface area (Å²) in [4.78, 5) is 0. The molecule has 0 spiro atoms. The lowest BCUT2D eigenvalue weighted by Gasteiger charge is -2.18. The van der Waals surface area contributed by atoms with E-state index in [-0.39, 0.29) is 5.88 Å². The molecular weight excluding hydrogens is 296 g/mol. The average Bonchev–Trinajstić information content (AvgIpc) is 2.53. The van der Waals surface area contributed by atoms with Crippen LogP contribution in [0.25, 0.3) is 0 Å². The Kier molecular flexibility index (Phi) is 17.7. The van der Waals surface area contributed by atoms with Crippen LogP contribution in [0, 0.1) is 5.92 Å². The van der Waals surface area contributed by atoms with Crippen LogP contribution in [0.1, 0.15) is 90.9 Å². The van der Waals surface area contributed by atoms with Crippen LogP contribution in [-0.2, 0) is 4.74 Å². The van der Waals surface area contributed by atoms with Gasteiger partial charge in [-0.25, -0.2) is 0 Å². The maximum absolute atomic E-state index is 9.46. The summed E-state index contributed by atoms with van der Waals surface area (Å²) in [5.74, 6) is 0.920. The van der Waals surface area contributed by atoms with Crippen LogP contribution >= 0.6 is 11.6 Å². The van der Waals surface area contributed by atoms with Crippen molar-refractivity contribution >= 4 is 11.6 Å². The number of alkyl halides is 1. The Hall–Kier alpha value is 0.210. The van der Waals surface area contributed by atoms with Crippen LogP contribution in [-0.4, -0.2) is 30.3 Å². The van der Waals surface area contributed by atoms with Gasteiger partial charge >= 0.3 is 0 Å². The molecule has 0 aliphatic heterocycles. The van der Waals surface area contributed by atoms with E-state index in [2.05, 4.69) is 13.8 Å². The number of aliphatic hydroxyl groups excluding tert-OH is 1. The zero-order valence-corrected chi connectivity index (χ0v) is 15.8. The maximum atomic E-state index is 9.46. The lowest BCUT2D eigenvalue weighted by Crippen LogP contribution is -2.20. The van der Waals surface area contributed by atoms with Crippen molar-refractivity contribution in [2.24, 2.45) is 5.92 Å². The molecule has 0 fully saturated rings. The molecule has 0 saturated carbocycles. The van der Waals surface area contributed by atoms with Gasteiger partial charge < -0.3 is 9.84 Å². The van der Waals surface area contributed by atoms with Crippen molar-refractivity contribution in [2.75, 3.05) is 19.1 Å². The molecule has 0 aliphatic rings. The van der Waals surface area contributed by atoms with Crippen molar-refractivity contribution in [2.45, 2.75) is 97.0 Å². The summed E-state index contributed by atoms with van der Waals surface area (Å²) in [6, 6.07) is 0. The number of rotatable bonds is 17. The molecule has 22 heavy (non-hydrogen) atoms. The van der Waals surface area contributed by atoms with Crippen molar-refractivity contribution in [1.82, 2.24) is 0 Å². The highest BCUT2D eigenvalue weighted by Crippen LogP contribution is 2.19. The third-order valence-electron chi connectivity index (χ3n) is 4.27. The lowest BCUT2D eigenvalue weighted by molar-refractivity contribution is 0.0269. The number of aliphatic hydroxyl groups is 1. The van der Waals surface area contributed by atoms with Gasteiger partial charge in [0.25, 0.3) is 0 Å². The molecule has 0 aromatic rings. The Morgan fingerprint density at radius 2 is 1.27 bits per heavy atom. The van der Waals surface area contributed by atoms with Crippen molar-refractivity contribution in [3.8, 4) is 0 Å². The van der Waals surface area contributed by atoms with E-state index in [0.29, 0.717) is 12.5 Å². The summed E-state index contributed by atoms with van der Waals surface area (Å²) < 4.78 is 5.67. The molecule has 0 radical (unpaired) electrons. The minimum absolute atomic E-state index is 0.262. The quantitative estimate of drug-likeness (QED) is 0.263. The molecule has 0 aromatic heterocycles. The van der Waals surface area contributed by atoms with Gasteiger partial charge in [-0.3, -0.25) is 0 Å². The van der Waals surface area contributed by atoms with Gasteiger partial charge in [0.05, 0.1) is 18.6 Å². The molecule has 3 heteroatoms. The van der Waals surface area contributed by atoms with Crippen molar-refractivity contribution in [1.29, 1.82) is 0 Å². The molecule has 0 unspecified atom stereocenters. The molecule has 0 saturated heterocycles. The summed E-state index contributed by atoms with van der Waals surface area (Å²) in [5, 5.41) is 9.46. The second kappa shape index (κ2) is 17.6. The number of halogens is 1. The van der Waals surface area contributed by atoms with E-state index in [1.807, 2.05) is 0 Å². The normalized spacial score (nSPS) is 14.2. The van der Waals surface area contributed by atoms with Crippen LogP contribution in [0.5, 0.6) is 0 Å².